The fraction of sp³-hybridized carbons (Fsp3) is 0.267. The van der Waals surface area contributed by atoms with Crippen molar-refractivity contribution in [3.63, 3.8) is 0 Å². The minimum Gasteiger partial charge on any atom is -0.383 e. The van der Waals surface area contributed by atoms with Gasteiger partial charge in [0, 0.05) is 26.0 Å². The Bertz CT molecular complexity index is 582. The molecule has 104 valence electrons. The predicted octanol–water partition coefficient (Wildman–Crippen LogP) is 3.00. The molecule has 0 aliphatic rings. The van der Waals surface area contributed by atoms with Crippen molar-refractivity contribution in [2.24, 2.45) is 0 Å². The molecule has 0 atom stereocenters. The minimum atomic E-state index is 0.706. The van der Waals surface area contributed by atoms with Gasteiger partial charge in [-0.2, -0.15) is 5.10 Å². The Labute approximate surface area is 123 Å². The molecule has 0 aliphatic heterocycles. The van der Waals surface area contributed by atoms with Gasteiger partial charge in [-0.25, -0.2) is 4.98 Å². The molecular weight excluding hydrogens is 268 g/mol. The van der Waals surface area contributed by atoms with Crippen LogP contribution in [0.2, 0.25) is 0 Å². The fourth-order valence-corrected chi connectivity index (χ4v) is 2.29. The van der Waals surface area contributed by atoms with E-state index in [4.69, 9.17) is 0 Å². The zero-order valence-corrected chi connectivity index (χ0v) is 12.8. The molecule has 0 unspecified atom stereocenters. The van der Waals surface area contributed by atoms with Crippen molar-refractivity contribution in [3.8, 4) is 0 Å². The summed E-state index contributed by atoms with van der Waals surface area (Å²) in [5, 5.41) is 9.01. The van der Waals surface area contributed by atoms with Gasteiger partial charge in [0.2, 0.25) is 5.16 Å². The zero-order valence-electron chi connectivity index (χ0n) is 11.9. The highest BCUT2D eigenvalue weighted by Crippen LogP contribution is 2.19. The molecule has 1 aromatic heterocycles. The van der Waals surface area contributed by atoms with Crippen molar-refractivity contribution in [2.45, 2.75) is 17.8 Å². The molecule has 0 fully saturated rings. The number of aromatic nitrogens is 3. The number of hydrogen-bond donors (Lipinski definition) is 0. The number of benzene rings is 1. The Morgan fingerprint density at radius 2 is 1.90 bits per heavy atom. The maximum Gasteiger partial charge on any atom is 0.209 e. The van der Waals surface area contributed by atoms with Gasteiger partial charge in [0.15, 0.2) is 0 Å². The Morgan fingerprint density at radius 1 is 1.15 bits per heavy atom. The van der Waals surface area contributed by atoms with Crippen LogP contribution in [0, 0.1) is 6.92 Å². The maximum atomic E-state index is 4.54. The second-order valence-corrected chi connectivity index (χ2v) is 5.56. The highest BCUT2D eigenvalue weighted by atomic mass is 32.2. The summed E-state index contributed by atoms with van der Waals surface area (Å²) in [5.41, 5.74) is 2.96. The summed E-state index contributed by atoms with van der Waals surface area (Å²) >= 11 is 1.60. The average molecular weight is 286 g/mol. The first kappa shape index (κ1) is 14.5. The molecule has 4 nitrogen and oxygen atoms in total. The van der Waals surface area contributed by atoms with Crippen LogP contribution < -0.4 is 0 Å². The summed E-state index contributed by atoms with van der Waals surface area (Å²) in [5.74, 6) is 0.850. The van der Waals surface area contributed by atoms with E-state index in [9.17, 15) is 0 Å². The van der Waals surface area contributed by atoms with Crippen LogP contribution in [0.5, 0.6) is 0 Å². The van der Waals surface area contributed by atoms with Crippen LogP contribution >= 0.6 is 11.8 Å². The minimum absolute atomic E-state index is 0.706. The lowest BCUT2D eigenvalue weighted by Gasteiger charge is -2.05. The lowest BCUT2D eigenvalue weighted by molar-refractivity contribution is 0.567. The van der Waals surface area contributed by atoms with Crippen LogP contribution in [0.15, 0.2) is 41.7 Å². The fourth-order valence-electron chi connectivity index (χ4n) is 1.54. The molecule has 0 amide bonds. The van der Waals surface area contributed by atoms with Crippen LogP contribution in [-0.4, -0.2) is 34.2 Å². The molecule has 1 heterocycles. The third-order valence-electron chi connectivity index (χ3n) is 2.61. The number of nitrogens with zero attached hydrogens (tertiary/aromatic N) is 4. The van der Waals surface area contributed by atoms with E-state index < -0.39 is 0 Å². The molecule has 5 heteroatoms. The van der Waals surface area contributed by atoms with E-state index in [1.165, 1.54) is 5.56 Å². The van der Waals surface area contributed by atoms with E-state index >= 15 is 0 Å². The van der Waals surface area contributed by atoms with Crippen LogP contribution in [0.25, 0.3) is 6.08 Å². The molecule has 2 aromatic rings. The Hall–Kier alpha value is -1.88. The van der Waals surface area contributed by atoms with Crippen molar-refractivity contribution in [1.82, 2.24) is 20.1 Å². The Morgan fingerprint density at radius 3 is 2.60 bits per heavy atom. The van der Waals surface area contributed by atoms with E-state index in [0.717, 1.165) is 17.1 Å². The van der Waals surface area contributed by atoms with Gasteiger partial charge in [-0.15, -0.1) is 5.10 Å². The third kappa shape index (κ3) is 4.35. The van der Waals surface area contributed by atoms with Gasteiger partial charge in [0.25, 0.3) is 0 Å². The summed E-state index contributed by atoms with van der Waals surface area (Å²) in [7, 11) is 3.96. The van der Waals surface area contributed by atoms with Gasteiger partial charge in [-0.3, -0.25) is 0 Å². The number of thioether (sulfide) groups is 1. The van der Waals surface area contributed by atoms with Crippen molar-refractivity contribution >= 4 is 17.8 Å². The summed E-state index contributed by atoms with van der Waals surface area (Å²) < 4.78 is 0. The first-order valence-corrected chi connectivity index (χ1v) is 7.36. The Balaban J connectivity index is 2.07. The van der Waals surface area contributed by atoms with Gasteiger partial charge in [-0.1, -0.05) is 42.1 Å². The Kier molecular flexibility index (Phi) is 5.12. The van der Waals surface area contributed by atoms with Crippen LogP contribution in [0.1, 0.15) is 17.0 Å². The monoisotopic (exact) mass is 286 g/mol. The normalized spacial score (nSPS) is 10.9. The van der Waals surface area contributed by atoms with Gasteiger partial charge >= 0.3 is 0 Å². The molecular formula is C15H18N4S. The van der Waals surface area contributed by atoms with Crippen LogP contribution in [0.4, 0.5) is 0 Å². The maximum absolute atomic E-state index is 4.54. The molecule has 0 radical (unpaired) electrons. The van der Waals surface area contributed by atoms with Crippen molar-refractivity contribution in [2.75, 3.05) is 14.1 Å². The average Bonchev–Trinajstić information content (AvgIpc) is 2.46. The molecule has 20 heavy (non-hydrogen) atoms. The van der Waals surface area contributed by atoms with Crippen LogP contribution in [-0.2, 0) is 5.75 Å². The molecule has 1 aromatic carbocycles. The van der Waals surface area contributed by atoms with Crippen LogP contribution in [0.3, 0.4) is 0 Å². The summed E-state index contributed by atoms with van der Waals surface area (Å²) in [6.45, 7) is 1.92. The first-order chi connectivity index (χ1) is 9.65. The summed E-state index contributed by atoms with van der Waals surface area (Å²) in [4.78, 5) is 6.51. The number of aryl methyl sites for hydroxylation is 1. The van der Waals surface area contributed by atoms with E-state index in [1.807, 2.05) is 56.4 Å². The van der Waals surface area contributed by atoms with Gasteiger partial charge in [0.05, 0.1) is 11.4 Å². The van der Waals surface area contributed by atoms with Gasteiger partial charge < -0.3 is 4.90 Å². The highest BCUT2D eigenvalue weighted by molar-refractivity contribution is 7.98. The number of hydrogen-bond acceptors (Lipinski definition) is 5. The molecule has 0 aliphatic carbocycles. The van der Waals surface area contributed by atoms with E-state index in [0.29, 0.717) is 5.16 Å². The van der Waals surface area contributed by atoms with Crippen molar-refractivity contribution in [1.29, 1.82) is 0 Å². The molecule has 0 N–H and O–H groups in total. The molecule has 2 rings (SSSR count). The second-order valence-electron chi connectivity index (χ2n) is 4.62. The smallest absolute Gasteiger partial charge is 0.209 e. The van der Waals surface area contributed by atoms with Gasteiger partial charge in [0.1, 0.15) is 0 Å². The molecule has 0 spiro atoms. The number of rotatable bonds is 5. The largest absolute Gasteiger partial charge is 0.383 e. The topological polar surface area (TPSA) is 41.9 Å². The summed E-state index contributed by atoms with van der Waals surface area (Å²) in [6.07, 6.45) is 3.92. The lowest BCUT2D eigenvalue weighted by atomic mass is 10.2. The van der Waals surface area contributed by atoms with E-state index in [-0.39, 0.29) is 0 Å². The van der Waals surface area contributed by atoms with E-state index in [2.05, 4.69) is 27.3 Å². The molecule has 0 saturated carbocycles. The van der Waals surface area contributed by atoms with Crippen molar-refractivity contribution in [3.05, 3.63) is 53.5 Å². The quantitative estimate of drug-likeness (QED) is 0.790. The standard InChI is InChI=1S/C15H18N4S/c1-12-14(9-10-19(2)3)16-15(18-17-12)20-11-13-7-5-4-6-8-13/h4-10H,11H2,1-3H3/b10-9+. The van der Waals surface area contributed by atoms with E-state index in [1.54, 1.807) is 11.8 Å². The third-order valence-corrected chi connectivity index (χ3v) is 3.52. The molecule has 0 saturated heterocycles. The zero-order chi connectivity index (χ0) is 14.4. The molecule has 0 bridgehead atoms. The lowest BCUT2D eigenvalue weighted by Crippen LogP contribution is -2.02. The highest BCUT2D eigenvalue weighted by Gasteiger charge is 2.04. The van der Waals surface area contributed by atoms with Gasteiger partial charge in [-0.05, 0) is 18.6 Å². The first-order valence-electron chi connectivity index (χ1n) is 6.38. The second kappa shape index (κ2) is 7.05. The SMILES string of the molecule is Cc1nnc(SCc2ccccc2)nc1/C=C/N(C)C. The van der Waals surface area contributed by atoms with Crippen molar-refractivity contribution < 1.29 is 0 Å². The summed E-state index contributed by atoms with van der Waals surface area (Å²) in [6, 6.07) is 10.3. The predicted molar refractivity (Wildman–Crippen MR) is 83.3 cm³/mol.